The quantitative estimate of drug-likeness (QED) is 0.452. The van der Waals surface area contributed by atoms with E-state index in [4.69, 9.17) is 0 Å². The van der Waals surface area contributed by atoms with E-state index in [2.05, 4.69) is 35.7 Å². The number of hydrazone groups is 1. The summed E-state index contributed by atoms with van der Waals surface area (Å²) in [6, 6.07) is 18.2. The van der Waals surface area contributed by atoms with Crippen LogP contribution >= 0.6 is 0 Å². The second-order valence-corrected chi connectivity index (χ2v) is 6.87. The highest BCUT2D eigenvalue weighted by atomic mass is 15.4. The van der Waals surface area contributed by atoms with Gasteiger partial charge in [-0.1, -0.05) is 42.5 Å². The minimum atomic E-state index is 0.375. The Kier molecular flexibility index (Phi) is 6.57. The Balaban J connectivity index is 1.69. The monoisotopic (exact) mass is 390 g/mol. The van der Waals surface area contributed by atoms with Crippen molar-refractivity contribution >= 4 is 29.7 Å². The fourth-order valence-electron chi connectivity index (χ4n) is 2.49. The minimum Gasteiger partial charge on any atom is -0.378 e. The van der Waals surface area contributed by atoms with Gasteiger partial charge in [-0.15, -0.1) is 0 Å². The van der Waals surface area contributed by atoms with Gasteiger partial charge >= 0.3 is 0 Å². The van der Waals surface area contributed by atoms with E-state index in [1.165, 1.54) is 0 Å². The number of nitrogens with zero attached hydrogens (tertiary/aromatic N) is 6. The summed E-state index contributed by atoms with van der Waals surface area (Å²) >= 11 is 0. The third kappa shape index (κ3) is 5.90. The minimum absolute atomic E-state index is 0.375. The van der Waals surface area contributed by atoms with Gasteiger partial charge in [-0.05, 0) is 23.3 Å². The molecule has 0 aliphatic heterocycles. The van der Waals surface area contributed by atoms with Crippen LogP contribution in [-0.2, 0) is 6.54 Å². The van der Waals surface area contributed by atoms with Crippen molar-refractivity contribution in [1.29, 1.82) is 0 Å². The van der Waals surface area contributed by atoms with Crippen LogP contribution in [0, 0.1) is 0 Å². The SMILES string of the molecule is CN(C)c1ccc(/C=N\Nc2nc(NCc3ccccc3)nc(N(C)C)n2)cc1. The van der Waals surface area contributed by atoms with Gasteiger partial charge in [-0.25, -0.2) is 5.43 Å². The zero-order valence-electron chi connectivity index (χ0n) is 17.2. The Bertz CT molecular complexity index is 937. The van der Waals surface area contributed by atoms with Gasteiger partial charge < -0.3 is 15.1 Å². The van der Waals surface area contributed by atoms with Crippen LogP contribution < -0.4 is 20.5 Å². The van der Waals surface area contributed by atoms with E-state index in [-0.39, 0.29) is 0 Å². The normalized spacial score (nSPS) is 10.8. The molecule has 150 valence electrons. The van der Waals surface area contributed by atoms with Gasteiger partial charge in [0.05, 0.1) is 6.21 Å². The number of hydrogen-bond acceptors (Lipinski definition) is 8. The van der Waals surface area contributed by atoms with Crippen molar-refractivity contribution < 1.29 is 0 Å². The molecule has 0 aliphatic carbocycles. The lowest BCUT2D eigenvalue weighted by Gasteiger charge is -2.13. The number of rotatable bonds is 8. The molecule has 0 bridgehead atoms. The molecular formula is C21H26N8. The lowest BCUT2D eigenvalue weighted by atomic mass is 10.2. The highest BCUT2D eigenvalue weighted by Crippen LogP contribution is 2.13. The zero-order valence-corrected chi connectivity index (χ0v) is 17.2. The van der Waals surface area contributed by atoms with Gasteiger partial charge in [-0.2, -0.15) is 20.1 Å². The number of nitrogens with one attached hydrogen (secondary N) is 2. The molecule has 1 aromatic heterocycles. The average molecular weight is 390 g/mol. The summed E-state index contributed by atoms with van der Waals surface area (Å²) in [7, 11) is 7.79. The van der Waals surface area contributed by atoms with Crippen LogP contribution in [0.2, 0.25) is 0 Å². The van der Waals surface area contributed by atoms with Crippen molar-refractivity contribution in [3.05, 3.63) is 65.7 Å². The maximum Gasteiger partial charge on any atom is 0.250 e. The first-order valence-electron chi connectivity index (χ1n) is 9.29. The van der Waals surface area contributed by atoms with Crippen LogP contribution in [0.1, 0.15) is 11.1 Å². The van der Waals surface area contributed by atoms with Crippen molar-refractivity contribution in [3.8, 4) is 0 Å². The lowest BCUT2D eigenvalue weighted by molar-refractivity contribution is 0.940. The van der Waals surface area contributed by atoms with Crippen molar-refractivity contribution in [2.24, 2.45) is 5.10 Å². The standard InChI is InChI=1S/C21H26N8/c1-28(2)18-12-10-17(11-13-18)15-23-27-20-24-19(25-21(26-20)29(3)4)22-14-16-8-6-5-7-9-16/h5-13,15H,14H2,1-4H3,(H2,22,24,25,26,27)/b23-15-. The molecule has 0 amide bonds. The molecule has 1 heterocycles. The largest absolute Gasteiger partial charge is 0.378 e. The van der Waals surface area contributed by atoms with Crippen LogP contribution in [0.5, 0.6) is 0 Å². The van der Waals surface area contributed by atoms with E-state index in [9.17, 15) is 0 Å². The molecule has 0 saturated carbocycles. The topological polar surface area (TPSA) is 81.6 Å². The molecule has 0 fully saturated rings. The molecule has 0 unspecified atom stereocenters. The molecule has 2 aromatic carbocycles. The van der Waals surface area contributed by atoms with Crippen molar-refractivity contribution in [2.45, 2.75) is 6.54 Å². The molecule has 0 spiro atoms. The van der Waals surface area contributed by atoms with Gasteiger partial charge in [0.15, 0.2) is 0 Å². The molecule has 0 saturated heterocycles. The Hall–Kier alpha value is -3.68. The average Bonchev–Trinajstić information content (AvgIpc) is 2.73. The van der Waals surface area contributed by atoms with E-state index in [1.54, 1.807) is 6.21 Å². The summed E-state index contributed by atoms with van der Waals surface area (Å²) < 4.78 is 0. The summed E-state index contributed by atoms with van der Waals surface area (Å²) in [6.07, 6.45) is 1.73. The van der Waals surface area contributed by atoms with Gasteiger partial charge in [0.2, 0.25) is 17.8 Å². The summed E-state index contributed by atoms with van der Waals surface area (Å²) in [5.74, 6) is 1.41. The second-order valence-electron chi connectivity index (χ2n) is 6.87. The first-order valence-corrected chi connectivity index (χ1v) is 9.29. The van der Waals surface area contributed by atoms with Crippen LogP contribution in [0.15, 0.2) is 59.7 Å². The molecule has 0 atom stereocenters. The van der Waals surface area contributed by atoms with Gasteiger partial charge in [0.1, 0.15) is 0 Å². The number of aromatic nitrogens is 3. The number of benzene rings is 2. The Morgan fingerprint density at radius 1 is 0.828 bits per heavy atom. The maximum atomic E-state index is 4.44. The molecule has 3 aromatic rings. The fraction of sp³-hybridized carbons (Fsp3) is 0.238. The van der Waals surface area contributed by atoms with Crippen molar-refractivity contribution in [1.82, 2.24) is 15.0 Å². The van der Waals surface area contributed by atoms with E-state index >= 15 is 0 Å². The van der Waals surface area contributed by atoms with Crippen molar-refractivity contribution in [2.75, 3.05) is 48.7 Å². The molecule has 0 radical (unpaired) electrons. The molecular weight excluding hydrogens is 364 g/mol. The zero-order chi connectivity index (χ0) is 20.6. The fourth-order valence-corrected chi connectivity index (χ4v) is 2.49. The smallest absolute Gasteiger partial charge is 0.250 e. The van der Waals surface area contributed by atoms with E-state index in [0.29, 0.717) is 24.4 Å². The van der Waals surface area contributed by atoms with Crippen LogP contribution in [0.3, 0.4) is 0 Å². The summed E-state index contributed by atoms with van der Waals surface area (Å²) in [5, 5.41) is 7.49. The molecule has 29 heavy (non-hydrogen) atoms. The third-order valence-corrected chi connectivity index (χ3v) is 4.10. The lowest BCUT2D eigenvalue weighted by Crippen LogP contribution is -2.16. The Morgan fingerprint density at radius 3 is 2.17 bits per heavy atom. The third-order valence-electron chi connectivity index (χ3n) is 4.10. The van der Waals surface area contributed by atoms with E-state index < -0.39 is 0 Å². The number of hydrogen-bond donors (Lipinski definition) is 2. The summed E-state index contributed by atoms with van der Waals surface area (Å²) in [6.45, 7) is 0.624. The van der Waals surface area contributed by atoms with E-state index in [0.717, 1.165) is 16.8 Å². The first kappa shape index (κ1) is 20.1. The highest BCUT2D eigenvalue weighted by Gasteiger charge is 2.07. The van der Waals surface area contributed by atoms with Gasteiger partial charge in [0.25, 0.3) is 0 Å². The van der Waals surface area contributed by atoms with Crippen LogP contribution in [-0.4, -0.2) is 49.4 Å². The highest BCUT2D eigenvalue weighted by molar-refractivity contribution is 5.80. The molecule has 8 heteroatoms. The predicted molar refractivity (Wildman–Crippen MR) is 120 cm³/mol. The van der Waals surface area contributed by atoms with Crippen LogP contribution in [0.25, 0.3) is 0 Å². The Morgan fingerprint density at radius 2 is 1.52 bits per heavy atom. The van der Waals surface area contributed by atoms with Gasteiger partial charge in [-0.3, -0.25) is 0 Å². The first-order chi connectivity index (χ1) is 14.0. The Labute approximate surface area is 171 Å². The molecule has 8 nitrogen and oxygen atoms in total. The number of anilines is 4. The maximum absolute atomic E-state index is 4.44. The summed E-state index contributed by atoms with van der Waals surface area (Å²) in [5.41, 5.74) is 6.16. The molecule has 0 aliphatic rings. The summed E-state index contributed by atoms with van der Waals surface area (Å²) in [4.78, 5) is 17.1. The van der Waals surface area contributed by atoms with Crippen molar-refractivity contribution in [3.63, 3.8) is 0 Å². The van der Waals surface area contributed by atoms with E-state index in [1.807, 2.05) is 87.7 Å². The predicted octanol–water partition coefficient (Wildman–Crippen LogP) is 3.06. The van der Waals surface area contributed by atoms with Crippen LogP contribution in [0.4, 0.5) is 23.5 Å². The molecule has 2 N–H and O–H groups in total. The van der Waals surface area contributed by atoms with Gasteiger partial charge in [0, 0.05) is 40.4 Å². The molecule has 3 rings (SSSR count). The second kappa shape index (κ2) is 9.50.